The highest BCUT2D eigenvalue weighted by atomic mass is 15.2. The van der Waals surface area contributed by atoms with Gasteiger partial charge in [-0.25, -0.2) is 0 Å². The van der Waals surface area contributed by atoms with E-state index >= 15 is 0 Å². The first-order chi connectivity index (χ1) is 8.83. The molecule has 3 nitrogen and oxygen atoms in total. The summed E-state index contributed by atoms with van der Waals surface area (Å²) < 4.78 is 0. The lowest BCUT2D eigenvalue weighted by Crippen LogP contribution is -2.45. The highest BCUT2D eigenvalue weighted by molar-refractivity contribution is 5.21. The van der Waals surface area contributed by atoms with Crippen molar-refractivity contribution in [1.82, 2.24) is 15.2 Å². The number of hydrogen-bond acceptors (Lipinski definition) is 3. The molecule has 0 radical (unpaired) electrons. The molecule has 0 aromatic carbocycles. The molecule has 2 aliphatic rings. The van der Waals surface area contributed by atoms with Crippen molar-refractivity contribution in [2.75, 3.05) is 13.1 Å². The number of fused-ring (bicyclic) bond motifs is 1. The molecule has 1 aromatic heterocycles. The van der Waals surface area contributed by atoms with Crippen molar-refractivity contribution >= 4 is 0 Å². The predicted molar refractivity (Wildman–Crippen MR) is 73.4 cm³/mol. The molecule has 0 spiro atoms. The van der Waals surface area contributed by atoms with Gasteiger partial charge in [-0.2, -0.15) is 0 Å². The first-order valence-corrected chi connectivity index (χ1v) is 7.20. The summed E-state index contributed by atoms with van der Waals surface area (Å²) in [5, 5.41) is 3.72. The molecule has 1 aromatic rings. The number of piperidine rings is 1. The van der Waals surface area contributed by atoms with Gasteiger partial charge >= 0.3 is 0 Å². The Morgan fingerprint density at radius 2 is 2.33 bits per heavy atom. The lowest BCUT2D eigenvalue weighted by atomic mass is 9.97. The Morgan fingerprint density at radius 1 is 1.39 bits per heavy atom. The van der Waals surface area contributed by atoms with Crippen molar-refractivity contribution in [3.63, 3.8) is 0 Å². The molecule has 18 heavy (non-hydrogen) atoms. The Balaban J connectivity index is 1.53. The Labute approximate surface area is 110 Å². The fourth-order valence-corrected chi connectivity index (χ4v) is 3.35. The molecule has 0 amide bonds. The first-order valence-electron chi connectivity index (χ1n) is 7.20. The first kappa shape index (κ1) is 12.1. The number of nitrogens with zero attached hydrogens (tertiary/aromatic N) is 2. The van der Waals surface area contributed by atoms with Gasteiger partial charge in [0, 0.05) is 31.0 Å². The van der Waals surface area contributed by atoms with Gasteiger partial charge in [-0.15, -0.1) is 0 Å². The van der Waals surface area contributed by atoms with Crippen LogP contribution in [0.5, 0.6) is 0 Å². The standard InChI is InChI=1S/C15H23N3/c1-12-4-6-16-10-13(12)11-17-14-5-8-18-7-2-3-15(18)9-14/h4,6,10,14-15,17H,2-3,5,7-9,11H2,1H3. The van der Waals surface area contributed by atoms with E-state index in [0.29, 0.717) is 6.04 Å². The molecule has 2 aliphatic heterocycles. The molecular formula is C15H23N3. The number of pyridine rings is 1. The van der Waals surface area contributed by atoms with Crippen LogP contribution in [0.3, 0.4) is 0 Å². The van der Waals surface area contributed by atoms with E-state index in [0.717, 1.165) is 12.6 Å². The Kier molecular flexibility index (Phi) is 3.62. The minimum atomic E-state index is 0.698. The van der Waals surface area contributed by atoms with Crippen LogP contribution in [0.4, 0.5) is 0 Å². The van der Waals surface area contributed by atoms with Gasteiger partial charge in [-0.1, -0.05) is 0 Å². The van der Waals surface area contributed by atoms with Crippen molar-refractivity contribution in [3.8, 4) is 0 Å². The highest BCUT2D eigenvalue weighted by Gasteiger charge is 2.31. The van der Waals surface area contributed by atoms with Gasteiger partial charge < -0.3 is 10.2 Å². The molecular weight excluding hydrogens is 222 g/mol. The van der Waals surface area contributed by atoms with E-state index < -0.39 is 0 Å². The maximum Gasteiger partial charge on any atom is 0.0315 e. The van der Waals surface area contributed by atoms with Crippen LogP contribution in [-0.2, 0) is 6.54 Å². The molecule has 3 heterocycles. The number of aryl methyl sites for hydroxylation is 1. The van der Waals surface area contributed by atoms with Crippen LogP contribution in [0.2, 0.25) is 0 Å². The average molecular weight is 245 g/mol. The van der Waals surface area contributed by atoms with Crippen LogP contribution >= 0.6 is 0 Å². The molecule has 2 unspecified atom stereocenters. The van der Waals surface area contributed by atoms with Crippen molar-refractivity contribution < 1.29 is 0 Å². The third-order valence-electron chi connectivity index (χ3n) is 4.55. The topological polar surface area (TPSA) is 28.2 Å². The third kappa shape index (κ3) is 2.57. The molecule has 3 rings (SSSR count). The van der Waals surface area contributed by atoms with Crippen LogP contribution in [-0.4, -0.2) is 35.1 Å². The average Bonchev–Trinajstić information content (AvgIpc) is 2.85. The Morgan fingerprint density at radius 3 is 3.22 bits per heavy atom. The van der Waals surface area contributed by atoms with Crippen LogP contribution < -0.4 is 5.32 Å². The second kappa shape index (κ2) is 5.37. The Hall–Kier alpha value is -0.930. The van der Waals surface area contributed by atoms with Crippen LogP contribution in [0.15, 0.2) is 18.5 Å². The smallest absolute Gasteiger partial charge is 0.0315 e. The summed E-state index contributed by atoms with van der Waals surface area (Å²) in [5.74, 6) is 0. The summed E-state index contributed by atoms with van der Waals surface area (Å²) in [7, 11) is 0. The van der Waals surface area contributed by atoms with E-state index in [1.807, 2.05) is 12.4 Å². The fourth-order valence-electron chi connectivity index (χ4n) is 3.35. The summed E-state index contributed by atoms with van der Waals surface area (Å²) in [5.41, 5.74) is 2.68. The minimum absolute atomic E-state index is 0.698. The van der Waals surface area contributed by atoms with Gasteiger partial charge in [0.25, 0.3) is 0 Å². The van der Waals surface area contributed by atoms with E-state index in [-0.39, 0.29) is 0 Å². The van der Waals surface area contributed by atoms with Gasteiger partial charge in [-0.3, -0.25) is 4.98 Å². The van der Waals surface area contributed by atoms with Crippen LogP contribution in [0.25, 0.3) is 0 Å². The maximum absolute atomic E-state index is 4.21. The van der Waals surface area contributed by atoms with Gasteiger partial charge in [0.2, 0.25) is 0 Å². The van der Waals surface area contributed by atoms with E-state index in [4.69, 9.17) is 0 Å². The normalized spacial score (nSPS) is 28.3. The highest BCUT2D eigenvalue weighted by Crippen LogP contribution is 2.26. The minimum Gasteiger partial charge on any atom is -0.310 e. The molecule has 2 fully saturated rings. The lowest BCUT2D eigenvalue weighted by molar-refractivity contribution is 0.166. The molecule has 3 heteroatoms. The summed E-state index contributed by atoms with van der Waals surface area (Å²) in [4.78, 5) is 6.89. The quantitative estimate of drug-likeness (QED) is 0.884. The van der Waals surface area contributed by atoms with Crippen LogP contribution in [0, 0.1) is 6.92 Å². The van der Waals surface area contributed by atoms with Gasteiger partial charge in [0.1, 0.15) is 0 Å². The van der Waals surface area contributed by atoms with Gasteiger partial charge in [0.15, 0.2) is 0 Å². The SMILES string of the molecule is Cc1ccncc1CNC1CCN2CCCC2C1. The molecule has 2 saturated heterocycles. The number of aromatic nitrogens is 1. The van der Waals surface area contributed by atoms with Crippen molar-refractivity contribution in [2.45, 2.75) is 51.2 Å². The third-order valence-corrected chi connectivity index (χ3v) is 4.55. The van der Waals surface area contributed by atoms with Crippen molar-refractivity contribution in [1.29, 1.82) is 0 Å². The summed E-state index contributed by atoms with van der Waals surface area (Å²) in [6.07, 6.45) is 9.31. The fraction of sp³-hybridized carbons (Fsp3) is 0.667. The zero-order chi connectivity index (χ0) is 12.4. The van der Waals surface area contributed by atoms with Gasteiger partial charge in [-0.05, 0) is 62.9 Å². The second-order valence-electron chi connectivity index (χ2n) is 5.74. The van der Waals surface area contributed by atoms with Crippen molar-refractivity contribution in [2.24, 2.45) is 0 Å². The zero-order valence-electron chi connectivity index (χ0n) is 11.2. The van der Waals surface area contributed by atoms with E-state index in [2.05, 4.69) is 28.2 Å². The Bertz CT molecular complexity index is 404. The van der Waals surface area contributed by atoms with Gasteiger partial charge in [0.05, 0.1) is 0 Å². The second-order valence-corrected chi connectivity index (χ2v) is 5.74. The number of rotatable bonds is 3. The number of nitrogens with one attached hydrogen (secondary N) is 1. The summed E-state index contributed by atoms with van der Waals surface area (Å²) in [6, 6.07) is 3.64. The molecule has 98 valence electrons. The lowest BCUT2D eigenvalue weighted by Gasteiger charge is -2.35. The molecule has 2 atom stereocenters. The molecule has 0 saturated carbocycles. The molecule has 0 aliphatic carbocycles. The summed E-state index contributed by atoms with van der Waals surface area (Å²) >= 11 is 0. The predicted octanol–water partition coefficient (Wildman–Crippen LogP) is 2.11. The summed E-state index contributed by atoms with van der Waals surface area (Å²) in [6.45, 7) is 5.75. The molecule has 0 bridgehead atoms. The molecule has 1 N–H and O–H groups in total. The van der Waals surface area contributed by atoms with E-state index in [9.17, 15) is 0 Å². The van der Waals surface area contributed by atoms with Crippen LogP contribution in [0.1, 0.15) is 36.8 Å². The maximum atomic E-state index is 4.21. The number of hydrogen-bond donors (Lipinski definition) is 1. The van der Waals surface area contributed by atoms with Crippen molar-refractivity contribution in [3.05, 3.63) is 29.6 Å². The van der Waals surface area contributed by atoms with E-state index in [1.165, 1.54) is 49.9 Å². The zero-order valence-corrected chi connectivity index (χ0v) is 11.2. The van der Waals surface area contributed by atoms with E-state index in [1.54, 1.807) is 0 Å². The monoisotopic (exact) mass is 245 g/mol. The largest absolute Gasteiger partial charge is 0.310 e.